The van der Waals surface area contributed by atoms with E-state index in [4.69, 9.17) is 4.99 Å². The van der Waals surface area contributed by atoms with Crippen LogP contribution in [-0.4, -0.2) is 11.8 Å². The Kier molecular flexibility index (Phi) is 6.80. The summed E-state index contributed by atoms with van der Waals surface area (Å²) in [6.45, 7) is 2.39. The lowest BCUT2D eigenvalue weighted by molar-refractivity contribution is 0.776. The summed E-state index contributed by atoms with van der Waals surface area (Å²) in [7, 11) is 0. The molecule has 0 N–H and O–H groups in total. The van der Waals surface area contributed by atoms with E-state index >= 15 is 0 Å². The molecule has 11 rings (SSSR count). The maximum atomic E-state index is 5.46. The SMILES string of the molecule is CC1(c2ccccc2)C(c2ccccc2)=Nc2ccc3c(c21)N(c1ccc(-c2ccc4c5c(c6c(c4c2)C=CCC6)CCC=C5)cc1)C1CC=CC=C31. The Morgan fingerprint density at radius 1 is 0.660 bits per heavy atom. The number of anilines is 2. The number of hydrogen-bond donors (Lipinski definition) is 0. The van der Waals surface area contributed by atoms with Crippen molar-refractivity contribution < 1.29 is 0 Å². The summed E-state index contributed by atoms with van der Waals surface area (Å²) in [6, 6.07) is 43.1. The van der Waals surface area contributed by atoms with Gasteiger partial charge in [-0.3, -0.25) is 4.99 Å². The van der Waals surface area contributed by atoms with Crippen LogP contribution in [0, 0.1) is 0 Å². The molecule has 3 aliphatic carbocycles. The van der Waals surface area contributed by atoms with E-state index in [1.807, 2.05) is 0 Å². The maximum Gasteiger partial charge on any atom is 0.0700 e. The van der Waals surface area contributed by atoms with E-state index in [9.17, 15) is 0 Å². The van der Waals surface area contributed by atoms with Crippen molar-refractivity contribution in [1.82, 2.24) is 0 Å². The minimum atomic E-state index is -0.434. The highest BCUT2D eigenvalue weighted by Crippen LogP contribution is 2.58. The van der Waals surface area contributed by atoms with Gasteiger partial charge in [0.15, 0.2) is 0 Å². The monoisotopic (exact) mass is 680 g/mol. The molecule has 2 aliphatic heterocycles. The fourth-order valence-corrected chi connectivity index (χ4v) is 10.1. The Morgan fingerprint density at radius 2 is 1.36 bits per heavy atom. The molecule has 2 nitrogen and oxygen atoms in total. The minimum absolute atomic E-state index is 0.228. The van der Waals surface area contributed by atoms with Gasteiger partial charge in [-0.05, 0) is 124 Å². The van der Waals surface area contributed by atoms with Crippen LogP contribution in [0.4, 0.5) is 17.1 Å². The van der Waals surface area contributed by atoms with E-state index in [0.29, 0.717) is 0 Å². The van der Waals surface area contributed by atoms with Gasteiger partial charge in [-0.15, -0.1) is 0 Å². The van der Waals surface area contributed by atoms with Gasteiger partial charge >= 0.3 is 0 Å². The van der Waals surface area contributed by atoms with Gasteiger partial charge in [-0.2, -0.15) is 0 Å². The first-order chi connectivity index (χ1) is 26.2. The van der Waals surface area contributed by atoms with Crippen LogP contribution >= 0.6 is 0 Å². The molecule has 254 valence electrons. The zero-order valence-corrected chi connectivity index (χ0v) is 30.0. The number of benzene rings is 6. The summed E-state index contributed by atoms with van der Waals surface area (Å²) in [4.78, 5) is 8.08. The van der Waals surface area contributed by atoms with Crippen molar-refractivity contribution in [1.29, 1.82) is 0 Å². The Bertz CT molecular complexity index is 2640. The second-order valence-electron chi connectivity index (χ2n) is 15.3. The second kappa shape index (κ2) is 11.8. The molecule has 5 aliphatic rings. The van der Waals surface area contributed by atoms with Gasteiger partial charge in [-0.25, -0.2) is 0 Å². The number of nitrogens with zero attached hydrogens (tertiary/aromatic N) is 2. The quantitative estimate of drug-likeness (QED) is 0.181. The Balaban J connectivity index is 1.05. The summed E-state index contributed by atoms with van der Waals surface area (Å²) in [5.41, 5.74) is 19.2. The van der Waals surface area contributed by atoms with Gasteiger partial charge in [0.05, 0.1) is 28.5 Å². The van der Waals surface area contributed by atoms with Crippen molar-refractivity contribution in [3.8, 4) is 11.1 Å². The largest absolute Gasteiger partial charge is 0.333 e. The number of hydrogen-bond acceptors (Lipinski definition) is 2. The molecule has 2 unspecified atom stereocenters. The molecule has 6 aromatic rings. The molecule has 0 amide bonds. The first-order valence-corrected chi connectivity index (χ1v) is 19.3. The van der Waals surface area contributed by atoms with Crippen molar-refractivity contribution in [3.63, 3.8) is 0 Å². The van der Waals surface area contributed by atoms with Crippen LogP contribution in [0.2, 0.25) is 0 Å². The van der Waals surface area contributed by atoms with Gasteiger partial charge in [0, 0.05) is 16.8 Å². The highest BCUT2D eigenvalue weighted by atomic mass is 15.2. The fourth-order valence-electron chi connectivity index (χ4n) is 10.1. The van der Waals surface area contributed by atoms with Crippen molar-refractivity contribution in [3.05, 3.63) is 190 Å². The molecule has 2 heteroatoms. The zero-order valence-electron chi connectivity index (χ0n) is 30.0. The normalized spacial score (nSPS) is 20.4. The molecular weight excluding hydrogens is 641 g/mol. The molecule has 53 heavy (non-hydrogen) atoms. The average molecular weight is 681 g/mol. The predicted molar refractivity (Wildman–Crippen MR) is 224 cm³/mol. The first kappa shape index (κ1) is 30.6. The highest BCUT2D eigenvalue weighted by molar-refractivity contribution is 6.17. The summed E-state index contributed by atoms with van der Waals surface area (Å²) < 4.78 is 0. The van der Waals surface area contributed by atoms with Crippen molar-refractivity contribution in [2.75, 3.05) is 4.90 Å². The maximum absolute atomic E-state index is 5.46. The van der Waals surface area contributed by atoms with E-state index in [1.54, 1.807) is 11.1 Å². The van der Waals surface area contributed by atoms with Crippen LogP contribution in [0.1, 0.15) is 70.7 Å². The standard InChI is InChI=1S/C51H40N2/c1-51(36-16-6-3-7-17-36)48-46(52-50(51)34-14-4-2-5-15-34)31-30-44-43-22-12-13-23-47(43)53(49(44)48)37-27-24-33(25-28-37)35-26-29-42-40-20-9-8-18-38(40)39-19-10-11-21-41(39)45(42)32-35/h2-7,9,11-17,20-22,24-32,47H,8,10,18-19,23H2,1H3. The summed E-state index contributed by atoms with van der Waals surface area (Å²) >= 11 is 0. The Morgan fingerprint density at radius 3 is 2.11 bits per heavy atom. The number of aliphatic imine (C=N–C) groups is 1. The lowest BCUT2D eigenvalue weighted by Gasteiger charge is -2.35. The van der Waals surface area contributed by atoms with E-state index in [0.717, 1.165) is 43.5 Å². The molecule has 0 spiro atoms. The molecular formula is C51H40N2. The summed E-state index contributed by atoms with van der Waals surface area (Å²) in [5.74, 6) is 0. The van der Waals surface area contributed by atoms with Crippen molar-refractivity contribution >= 4 is 51.3 Å². The van der Waals surface area contributed by atoms with Crippen LogP contribution in [0.3, 0.4) is 0 Å². The molecule has 0 fully saturated rings. The second-order valence-corrected chi connectivity index (χ2v) is 15.3. The minimum Gasteiger partial charge on any atom is -0.333 e. The van der Waals surface area contributed by atoms with E-state index < -0.39 is 5.41 Å². The van der Waals surface area contributed by atoms with Crippen LogP contribution in [0.25, 0.3) is 39.6 Å². The Labute approximate surface area is 311 Å². The van der Waals surface area contributed by atoms with E-state index in [2.05, 4.69) is 170 Å². The van der Waals surface area contributed by atoms with Crippen molar-refractivity contribution in [2.24, 2.45) is 4.99 Å². The van der Waals surface area contributed by atoms with Gasteiger partial charge in [0.1, 0.15) is 0 Å². The van der Waals surface area contributed by atoms with E-state index in [1.165, 1.54) is 72.2 Å². The van der Waals surface area contributed by atoms with Crippen LogP contribution in [0.5, 0.6) is 0 Å². The molecule has 0 saturated carbocycles. The molecule has 0 aromatic heterocycles. The zero-order chi connectivity index (χ0) is 35.1. The Hall–Kier alpha value is -5.99. The van der Waals surface area contributed by atoms with Crippen LogP contribution in [-0.2, 0) is 18.3 Å². The predicted octanol–water partition coefficient (Wildman–Crippen LogP) is 12.7. The molecule has 0 bridgehead atoms. The highest BCUT2D eigenvalue weighted by Gasteiger charge is 2.48. The van der Waals surface area contributed by atoms with Gasteiger partial charge in [0.2, 0.25) is 0 Å². The molecule has 6 aromatic carbocycles. The average Bonchev–Trinajstić information content (AvgIpc) is 3.74. The third-order valence-electron chi connectivity index (χ3n) is 12.5. The van der Waals surface area contributed by atoms with Gasteiger partial charge < -0.3 is 4.90 Å². The van der Waals surface area contributed by atoms with E-state index in [-0.39, 0.29) is 6.04 Å². The first-order valence-electron chi connectivity index (χ1n) is 19.3. The van der Waals surface area contributed by atoms with Crippen molar-refractivity contribution in [2.45, 2.75) is 50.5 Å². The third kappa shape index (κ3) is 4.48. The van der Waals surface area contributed by atoms with Gasteiger partial charge in [-0.1, -0.05) is 134 Å². The third-order valence-corrected chi connectivity index (χ3v) is 12.5. The summed E-state index contributed by atoms with van der Waals surface area (Å²) in [5, 5.41) is 2.76. The molecule has 0 saturated heterocycles. The number of rotatable bonds is 4. The van der Waals surface area contributed by atoms with Crippen LogP contribution < -0.4 is 4.90 Å². The number of allylic oxidation sites excluding steroid dienone is 4. The smallest absolute Gasteiger partial charge is 0.0700 e. The number of fused-ring (bicyclic) bond motifs is 11. The van der Waals surface area contributed by atoms with Gasteiger partial charge in [0.25, 0.3) is 0 Å². The van der Waals surface area contributed by atoms with Crippen LogP contribution in [0.15, 0.2) is 151 Å². The lowest BCUT2D eigenvalue weighted by atomic mass is 9.70. The summed E-state index contributed by atoms with van der Waals surface area (Å²) in [6.07, 6.45) is 21.9. The molecule has 2 atom stereocenters. The lowest BCUT2D eigenvalue weighted by Crippen LogP contribution is -2.34. The molecule has 2 heterocycles. The topological polar surface area (TPSA) is 15.6 Å². The molecule has 0 radical (unpaired) electrons. The fraction of sp³-hybridized carbons (Fsp3) is 0.157.